The van der Waals surface area contributed by atoms with Gasteiger partial charge in [-0.15, -0.1) is 10.2 Å². The molecule has 1 saturated carbocycles. The summed E-state index contributed by atoms with van der Waals surface area (Å²) < 4.78 is 1.94. The van der Waals surface area contributed by atoms with E-state index in [9.17, 15) is 4.79 Å². The van der Waals surface area contributed by atoms with Crippen molar-refractivity contribution >= 4 is 5.97 Å². The Bertz CT molecular complexity index is 290. The maximum atomic E-state index is 10.4. The van der Waals surface area contributed by atoms with Crippen molar-refractivity contribution in [3.8, 4) is 0 Å². The lowest BCUT2D eigenvalue weighted by molar-refractivity contribution is -0.139. The van der Waals surface area contributed by atoms with E-state index in [1.54, 1.807) is 12.7 Å². The first-order valence-electron chi connectivity index (χ1n) is 4.31. The number of aliphatic carboxylic acids is 1. The normalized spacial score (nSPS) is 26.8. The largest absolute Gasteiger partial charge is 0.481 e. The van der Waals surface area contributed by atoms with Crippen molar-refractivity contribution in [2.24, 2.45) is 5.92 Å². The number of rotatable bonds is 3. The van der Waals surface area contributed by atoms with Crippen LogP contribution in [0.2, 0.25) is 0 Å². The summed E-state index contributed by atoms with van der Waals surface area (Å²) in [6.07, 6.45) is 5.52. The van der Waals surface area contributed by atoms with Crippen LogP contribution < -0.4 is 0 Å². The summed E-state index contributed by atoms with van der Waals surface area (Å²) in [6, 6.07) is 0.416. The van der Waals surface area contributed by atoms with Gasteiger partial charge in [-0.1, -0.05) is 0 Å². The molecule has 70 valence electrons. The number of aromatic nitrogens is 3. The molecule has 0 amide bonds. The van der Waals surface area contributed by atoms with Crippen molar-refractivity contribution in [3.05, 3.63) is 12.7 Å². The van der Waals surface area contributed by atoms with E-state index < -0.39 is 5.97 Å². The van der Waals surface area contributed by atoms with Gasteiger partial charge in [0.15, 0.2) is 0 Å². The summed E-state index contributed by atoms with van der Waals surface area (Å²) in [7, 11) is 0. The summed E-state index contributed by atoms with van der Waals surface area (Å²) in [5.74, 6) is -0.364. The minimum absolute atomic E-state index is 0.290. The monoisotopic (exact) mass is 181 g/mol. The molecule has 0 aliphatic heterocycles. The first kappa shape index (κ1) is 8.22. The molecule has 2 rings (SSSR count). The van der Waals surface area contributed by atoms with Crippen LogP contribution in [-0.4, -0.2) is 25.8 Å². The molecule has 1 aliphatic rings. The second kappa shape index (κ2) is 3.16. The van der Waals surface area contributed by atoms with Crippen LogP contribution in [0.1, 0.15) is 25.3 Å². The summed E-state index contributed by atoms with van der Waals surface area (Å²) >= 11 is 0. The first-order chi connectivity index (χ1) is 6.25. The number of nitrogens with zero attached hydrogens (tertiary/aromatic N) is 3. The van der Waals surface area contributed by atoms with Gasteiger partial charge < -0.3 is 9.67 Å². The quantitative estimate of drug-likeness (QED) is 0.745. The fraction of sp³-hybridized carbons (Fsp3) is 0.625. The van der Waals surface area contributed by atoms with Gasteiger partial charge in [-0.2, -0.15) is 0 Å². The third kappa shape index (κ3) is 1.68. The molecular formula is C8H11N3O2. The van der Waals surface area contributed by atoms with Crippen molar-refractivity contribution in [1.82, 2.24) is 14.8 Å². The Labute approximate surface area is 75.4 Å². The van der Waals surface area contributed by atoms with E-state index in [2.05, 4.69) is 10.2 Å². The van der Waals surface area contributed by atoms with Gasteiger partial charge in [0.05, 0.1) is 0 Å². The van der Waals surface area contributed by atoms with Gasteiger partial charge >= 0.3 is 5.97 Å². The first-order valence-corrected chi connectivity index (χ1v) is 4.31. The summed E-state index contributed by atoms with van der Waals surface area (Å²) in [5, 5.41) is 15.9. The lowest BCUT2D eigenvalue weighted by Gasteiger charge is -2.34. The fourth-order valence-corrected chi connectivity index (χ4v) is 1.75. The van der Waals surface area contributed by atoms with Crippen LogP contribution >= 0.6 is 0 Å². The van der Waals surface area contributed by atoms with Gasteiger partial charge in [-0.25, -0.2) is 0 Å². The average molecular weight is 181 g/mol. The predicted octanol–water partition coefficient (Wildman–Crippen LogP) is 0.704. The number of carboxylic acids is 1. The number of carboxylic acid groups (broad SMARTS) is 1. The van der Waals surface area contributed by atoms with Crippen molar-refractivity contribution in [2.45, 2.75) is 25.3 Å². The van der Waals surface area contributed by atoms with Gasteiger partial charge in [0.1, 0.15) is 12.7 Å². The van der Waals surface area contributed by atoms with Crippen molar-refractivity contribution in [3.63, 3.8) is 0 Å². The minimum Gasteiger partial charge on any atom is -0.481 e. The summed E-state index contributed by atoms with van der Waals surface area (Å²) in [5.41, 5.74) is 0. The molecule has 1 heterocycles. The van der Waals surface area contributed by atoms with Crippen molar-refractivity contribution < 1.29 is 9.90 Å². The zero-order valence-corrected chi connectivity index (χ0v) is 7.13. The zero-order chi connectivity index (χ0) is 9.26. The van der Waals surface area contributed by atoms with E-state index in [1.807, 2.05) is 4.57 Å². The van der Waals surface area contributed by atoms with Gasteiger partial charge in [0.25, 0.3) is 0 Å². The molecule has 1 fully saturated rings. The molecule has 0 aromatic carbocycles. The Hall–Kier alpha value is -1.39. The Kier molecular flexibility index (Phi) is 2.00. The summed E-state index contributed by atoms with van der Waals surface area (Å²) in [4.78, 5) is 10.4. The standard InChI is InChI=1S/C8H11N3O2/c12-8(13)3-6-1-7(2-6)11-4-9-10-5-11/h4-7H,1-3H2,(H,12,13). The molecule has 0 atom stereocenters. The van der Waals surface area contributed by atoms with Crippen LogP contribution in [0.5, 0.6) is 0 Å². The minimum atomic E-state index is -0.702. The third-order valence-corrected chi connectivity index (χ3v) is 2.53. The van der Waals surface area contributed by atoms with Crippen LogP contribution in [-0.2, 0) is 4.79 Å². The molecule has 13 heavy (non-hydrogen) atoms. The Balaban J connectivity index is 1.82. The zero-order valence-electron chi connectivity index (χ0n) is 7.13. The molecular weight excluding hydrogens is 170 g/mol. The maximum Gasteiger partial charge on any atom is 0.303 e. The molecule has 5 nitrogen and oxygen atoms in total. The van der Waals surface area contributed by atoms with Gasteiger partial charge in [0, 0.05) is 12.5 Å². The number of hydrogen-bond acceptors (Lipinski definition) is 3. The second-order valence-electron chi connectivity index (χ2n) is 3.50. The Morgan fingerprint density at radius 1 is 1.46 bits per heavy atom. The SMILES string of the molecule is O=C(O)CC1CC(n2cnnc2)C1. The molecule has 1 aliphatic carbocycles. The molecule has 0 unspecified atom stereocenters. The van der Waals surface area contributed by atoms with Gasteiger partial charge in [0.2, 0.25) is 0 Å². The Morgan fingerprint density at radius 2 is 2.08 bits per heavy atom. The third-order valence-electron chi connectivity index (χ3n) is 2.53. The van der Waals surface area contributed by atoms with Crippen LogP contribution in [0.4, 0.5) is 0 Å². The van der Waals surface area contributed by atoms with E-state index in [1.165, 1.54) is 0 Å². The van der Waals surface area contributed by atoms with E-state index >= 15 is 0 Å². The molecule has 1 aromatic rings. The average Bonchev–Trinajstić information content (AvgIpc) is 2.46. The van der Waals surface area contributed by atoms with Crippen LogP contribution in [0.15, 0.2) is 12.7 Å². The summed E-state index contributed by atoms with van der Waals surface area (Å²) in [6.45, 7) is 0. The van der Waals surface area contributed by atoms with E-state index in [-0.39, 0.29) is 0 Å². The van der Waals surface area contributed by atoms with E-state index in [4.69, 9.17) is 5.11 Å². The second-order valence-corrected chi connectivity index (χ2v) is 3.50. The maximum absolute atomic E-state index is 10.4. The lowest BCUT2D eigenvalue weighted by Crippen LogP contribution is -2.27. The van der Waals surface area contributed by atoms with Crippen molar-refractivity contribution in [1.29, 1.82) is 0 Å². The highest BCUT2D eigenvalue weighted by Crippen LogP contribution is 2.39. The highest BCUT2D eigenvalue weighted by molar-refractivity contribution is 5.67. The number of carbonyl (C=O) groups is 1. The van der Waals surface area contributed by atoms with Crippen molar-refractivity contribution in [2.75, 3.05) is 0 Å². The van der Waals surface area contributed by atoms with Crippen LogP contribution in [0.3, 0.4) is 0 Å². The molecule has 0 radical (unpaired) electrons. The topological polar surface area (TPSA) is 68.0 Å². The fourth-order valence-electron chi connectivity index (χ4n) is 1.75. The lowest BCUT2D eigenvalue weighted by atomic mass is 9.78. The predicted molar refractivity (Wildman–Crippen MR) is 44.0 cm³/mol. The molecule has 1 N–H and O–H groups in total. The van der Waals surface area contributed by atoms with Gasteiger partial charge in [-0.3, -0.25) is 4.79 Å². The van der Waals surface area contributed by atoms with Crippen LogP contribution in [0, 0.1) is 5.92 Å². The smallest absolute Gasteiger partial charge is 0.303 e. The molecule has 0 saturated heterocycles. The molecule has 1 aromatic heterocycles. The van der Waals surface area contributed by atoms with E-state index in [0.717, 1.165) is 12.8 Å². The molecule has 0 spiro atoms. The molecule has 5 heteroatoms. The van der Waals surface area contributed by atoms with Crippen LogP contribution in [0.25, 0.3) is 0 Å². The highest BCUT2D eigenvalue weighted by Gasteiger charge is 2.31. The Morgan fingerprint density at radius 3 is 2.62 bits per heavy atom. The highest BCUT2D eigenvalue weighted by atomic mass is 16.4. The number of hydrogen-bond donors (Lipinski definition) is 1. The van der Waals surface area contributed by atoms with Gasteiger partial charge in [-0.05, 0) is 18.8 Å². The molecule has 0 bridgehead atoms. The van der Waals surface area contributed by atoms with E-state index in [0.29, 0.717) is 18.4 Å².